The van der Waals surface area contributed by atoms with E-state index in [4.69, 9.17) is 5.73 Å². The monoisotopic (exact) mass is 213 g/mol. The Morgan fingerprint density at radius 3 is 2.00 bits per heavy atom. The second-order valence-corrected chi connectivity index (χ2v) is 3.34. The zero-order chi connectivity index (χ0) is 11.5. The average molecular weight is 213 g/mol. The first-order valence-corrected chi connectivity index (χ1v) is 4.19. The molecule has 0 amide bonds. The van der Waals surface area contributed by atoms with Crippen molar-refractivity contribution in [2.75, 3.05) is 0 Å². The third-order valence-electron chi connectivity index (χ3n) is 1.64. The molecule has 0 aliphatic heterocycles. The maximum Gasteiger partial charge on any atom is 0.404 e. The number of hydrogen-bond donors (Lipinski definition) is 1. The number of rotatable bonds is 3. The second kappa shape index (κ2) is 4.63. The molecule has 0 rings (SSSR count). The minimum absolute atomic E-state index is 0.439. The van der Waals surface area contributed by atoms with Gasteiger partial charge in [-0.15, -0.1) is 0 Å². The highest BCUT2D eigenvalue weighted by Crippen LogP contribution is 2.24. The van der Waals surface area contributed by atoms with Crippen molar-refractivity contribution in [3.63, 3.8) is 0 Å². The van der Waals surface area contributed by atoms with Crippen LogP contribution < -0.4 is 5.73 Å². The van der Waals surface area contributed by atoms with Crippen LogP contribution in [0.25, 0.3) is 0 Å². The van der Waals surface area contributed by atoms with Crippen molar-refractivity contribution in [2.24, 2.45) is 11.7 Å². The number of ether oxygens (including phenoxy) is 1. The van der Waals surface area contributed by atoms with Gasteiger partial charge in [0, 0.05) is 0 Å². The molecule has 2 N–H and O–H groups in total. The molecular formula is C8H14F3NO2. The first-order valence-electron chi connectivity index (χ1n) is 4.19. The van der Waals surface area contributed by atoms with E-state index in [0.29, 0.717) is 0 Å². The number of carbonyl (C=O) groups is 1. The zero-order valence-corrected chi connectivity index (χ0v) is 8.26. The molecule has 6 heteroatoms. The summed E-state index contributed by atoms with van der Waals surface area (Å²) < 4.78 is 40.8. The summed E-state index contributed by atoms with van der Waals surface area (Å²) in [5.74, 6) is -2.30. The number of esters is 1. The van der Waals surface area contributed by atoms with Gasteiger partial charge in [0.15, 0.2) is 0 Å². The molecule has 0 saturated carbocycles. The highest BCUT2D eigenvalue weighted by Gasteiger charge is 2.43. The lowest BCUT2D eigenvalue weighted by Crippen LogP contribution is -2.46. The zero-order valence-electron chi connectivity index (χ0n) is 8.26. The van der Waals surface area contributed by atoms with Gasteiger partial charge in [0.05, 0.1) is 12.0 Å². The predicted molar refractivity (Wildman–Crippen MR) is 44.4 cm³/mol. The Hall–Kier alpha value is -0.780. The Kier molecular flexibility index (Phi) is 4.38. The van der Waals surface area contributed by atoms with E-state index < -0.39 is 30.2 Å². The van der Waals surface area contributed by atoms with E-state index in [-0.39, 0.29) is 0 Å². The van der Waals surface area contributed by atoms with Crippen LogP contribution in [-0.2, 0) is 9.53 Å². The molecule has 84 valence electrons. The van der Waals surface area contributed by atoms with E-state index in [1.165, 1.54) is 0 Å². The summed E-state index contributed by atoms with van der Waals surface area (Å²) in [5, 5.41) is 0. The van der Waals surface area contributed by atoms with Crippen molar-refractivity contribution in [1.82, 2.24) is 0 Å². The minimum atomic E-state index is -4.57. The smallest absolute Gasteiger partial charge is 0.404 e. The summed E-state index contributed by atoms with van der Waals surface area (Å²) >= 11 is 0. The van der Waals surface area contributed by atoms with E-state index >= 15 is 0 Å². The SMILES string of the molecule is CC(C)OC(=O)[C@@H](C)[C@H](N)C(F)(F)F. The Labute approximate surface area is 80.4 Å². The van der Waals surface area contributed by atoms with Gasteiger partial charge in [-0.25, -0.2) is 0 Å². The third kappa shape index (κ3) is 3.95. The van der Waals surface area contributed by atoms with Gasteiger partial charge in [-0.3, -0.25) is 4.79 Å². The Morgan fingerprint density at radius 2 is 1.71 bits per heavy atom. The molecule has 0 fully saturated rings. The van der Waals surface area contributed by atoms with E-state index in [1.807, 2.05) is 0 Å². The highest BCUT2D eigenvalue weighted by atomic mass is 19.4. The molecule has 0 unspecified atom stereocenters. The summed E-state index contributed by atoms with van der Waals surface area (Å²) in [4.78, 5) is 11.0. The van der Waals surface area contributed by atoms with Gasteiger partial charge in [0.1, 0.15) is 6.04 Å². The van der Waals surface area contributed by atoms with E-state index in [2.05, 4.69) is 4.74 Å². The summed E-state index contributed by atoms with van der Waals surface area (Å²) in [6.07, 6.45) is -5.01. The van der Waals surface area contributed by atoms with Crippen molar-refractivity contribution in [1.29, 1.82) is 0 Å². The van der Waals surface area contributed by atoms with Crippen LogP contribution in [0.1, 0.15) is 20.8 Å². The van der Waals surface area contributed by atoms with Gasteiger partial charge in [0.25, 0.3) is 0 Å². The van der Waals surface area contributed by atoms with Crippen molar-refractivity contribution in [2.45, 2.75) is 39.1 Å². The summed E-state index contributed by atoms with van der Waals surface area (Å²) in [6.45, 7) is 4.22. The molecule has 0 aromatic rings. The molecule has 0 aliphatic carbocycles. The molecule has 0 radical (unpaired) electrons. The lowest BCUT2D eigenvalue weighted by molar-refractivity contribution is -0.176. The topological polar surface area (TPSA) is 52.3 Å². The van der Waals surface area contributed by atoms with Crippen LogP contribution in [0.2, 0.25) is 0 Å². The molecule has 0 aliphatic rings. The van der Waals surface area contributed by atoms with Gasteiger partial charge in [0.2, 0.25) is 0 Å². The molecule has 0 bridgehead atoms. The molecule has 14 heavy (non-hydrogen) atoms. The summed E-state index contributed by atoms with van der Waals surface area (Å²) in [7, 11) is 0. The fourth-order valence-electron chi connectivity index (χ4n) is 0.770. The highest BCUT2D eigenvalue weighted by molar-refractivity contribution is 5.73. The van der Waals surface area contributed by atoms with Crippen molar-refractivity contribution in [3.05, 3.63) is 0 Å². The molecule has 0 aromatic carbocycles. The predicted octanol–water partition coefficient (Wildman–Crippen LogP) is 1.46. The quantitative estimate of drug-likeness (QED) is 0.722. The summed E-state index contributed by atoms with van der Waals surface area (Å²) in [5.41, 5.74) is 4.85. The maximum atomic E-state index is 12.1. The van der Waals surface area contributed by atoms with Gasteiger partial charge in [-0.05, 0) is 13.8 Å². The van der Waals surface area contributed by atoms with Crippen molar-refractivity contribution in [3.8, 4) is 0 Å². The van der Waals surface area contributed by atoms with E-state index in [0.717, 1.165) is 6.92 Å². The van der Waals surface area contributed by atoms with Crippen LogP contribution in [0, 0.1) is 5.92 Å². The Morgan fingerprint density at radius 1 is 1.29 bits per heavy atom. The fraction of sp³-hybridized carbons (Fsp3) is 0.875. The Balaban J connectivity index is 4.32. The summed E-state index contributed by atoms with van der Waals surface area (Å²) in [6, 6.07) is -2.17. The standard InChI is InChI=1S/C8H14F3NO2/c1-4(2)14-7(13)5(3)6(12)8(9,10)11/h4-6H,12H2,1-3H3/t5-,6-/m0/s1. The molecule has 3 nitrogen and oxygen atoms in total. The molecule has 0 aromatic heterocycles. The van der Waals surface area contributed by atoms with Crippen LogP contribution in [0.4, 0.5) is 13.2 Å². The normalized spacial score (nSPS) is 16.6. The van der Waals surface area contributed by atoms with Crippen LogP contribution in [0.3, 0.4) is 0 Å². The molecule has 0 heterocycles. The van der Waals surface area contributed by atoms with Crippen molar-refractivity contribution < 1.29 is 22.7 Å². The molecular weight excluding hydrogens is 199 g/mol. The van der Waals surface area contributed by atoms with Gasteiger partial charge in [-0.1, -0.05) is 6.92 Å². The first kappa shape index (κ1) is 13.2. The maximum absolute atomic E-state index is 12.1. The lowest BCUT2D eigenvalue weighted by Gasteiger charge is -2.21. The van der Waals surface area contributed by atoms with Gasteiger partial charge < -0.3 is 10.5 Å². The van der Waals surface area contributed by atoms with Gasteiger partial charge >= 0.3 is 12.1 Å². The lowest BCUT2D eigenvalue weighted by atomic mass is 10.0. The van der Waals surface area contributed by atoms with Gasteiger partial charge in [-0.2, -0.15) is 13.2 Å². The number of carbonyl (C=O) groups excluding carboxylic acids is 1. The van der Waals surface area contributed by atoms with Crippen LogP contribution in [-0.4, -0.2) is 24.3 Å². The number of alkyl halides is 3. The first-order chi connectivity index (χ1) is 6.16. The molecule has 0 saturated heterocycles. The second-order valence-electron chi connectivity index (χ2n) is 3.34. The van der Waals surface area contributed by atoms with E-state index in [1.54, 1.807) is 13.8 Å². The van der Waals surface area contributed by atoms with Crippen LogP contribution >= 0.6 is 0 Å². The minimum Gasteiger partial charge on any atom is -0.463 e. The molecule has 2 atom stereocenters. The largest absolute Gasteiger partial charge is 0.463 e. The van der Waals surface area contributed by atoms with E-state index in [9.17, 15) is 18.0 Å². The number of hydrogen-bond acceptors (Lipinski definition) is 3. The van der Waals surface area contributed by atoms with Crippen molar-refractivity contribution >= 4 is 5.97 Å². The third-order valence-corrected chi connectivity index (χ3v) is 1.64. The average Bonchev–Trinajstić information content (AvgIpc) is 1.98. The number of halogens is 3. The molecule has 0 spiro atoms. The number of nitrogens with two attached hydrogens (primary N) is 1. The fourth-order valence-corrected chi connectivity index (χ4v) is 0.770. The van der Waals surface area contributed by atoms with Crippen LogP contribution in [0.5, 0.6) is 0 Å². The Bertz CT molecular complexity index is 203. The van der Waals surface area contributed by atoms with Crippen LogP contribution in [0.15, 0.2) is 0 Å².